The highest BCUT2D eigenvalue weighted by Crippen LogP contribution is 2.18. The van der Waals surface area contributed by atoms with Crippen LogP contribution in [0.2, 0.25) is 0 Å². The summed E-state index contributed by atoms with van der Waals surface area (Å²) in [5.74, 6) is 0. The number of carbonyl (C=O) groups is 1. The van der Waals surface area contributed by atoms with Crippen LogP contribution in [0.25, 0.3) is 10.9 Å². The minimum atomic E-state index is -0.720. The van der Waals surface area contributed by atoms with Gasteiger partial charge in [-0.1, -0.05) is 30.4 Å². The molecule has 2 rings (SSSR count). The molecule has 0 bridgehead atoms. The van der Waals surface area contributed by atoms with Crippen LogP contribution in [-0.4, -0.2) is 29.2 Å². The number of aromatic nitrogens is 1. The normalized spacial score (nSPS) is 10.5. The van der Waals surface area contributed by atoms with E-state index >= 15 is 0 Å². The number of thiocarbonyl (C=S) groups is 1. The van der Waals surface area contributed by atoms with E-state index in [0.717, 1.165) is 42.7 Å². The second-order valence-electron chi connectivity index (χ2n) is 5.08. The summed E-state index contributed by atoms with van der Waals surface area (Å²) in [5, 5.41) is 4.49. The third-order valence-electron chi connectivity index (χ3n) is 3.43. The zero-order valence-electron chi connectivity index (χ0n) is 12.4. The number of aryl methyl sites for hydroxylation is 1. The SMILES string of the molecule is NC(=O)OCCCCNC(=S)CCc1c[nH]c2ccccc12. The summed E-state index contributed by atoms with van der Waals surface area (Å²) in [6.45, 7) is 1.15. The lowest BCUT2D eigenvalue weighted by atomic mass is 10.1. The Kier molecular flexibility index (Phi) is 6.21. The predicted molar refractivity (Wildman–Crippen MR) is 92.0 cm³/mol. The van der Waals surface area contributed by atoms with Gasteiger partial charge in [0.25, 0.3) is 0 Å². The molecule has 1 aromatic heterocycles. The van der Waals surface area contributed by atoms with E-state index in [1.165, 1.54) is 10.9 Å². The van der Waals surface area contributed by atoms with Gasteiger partial charge in [-0.05, 0) is 30.9 Å². The van der Waals surface area contributed by atoms with Gasteiger partial charge >= 0.3 is 6.09 Å². The van der Waals surface area contributed by atoms with E-state index in [2.05, 4.69) is 33.4 Å². The van der Waals surface area contributed by atoms with Crippen molar-refractivity contribution in [3.05, 3.63) is 36.0 Å². The van der Waals surface area contributed by atoms with Gasteiger partial charge < -0.3 is 20.8 Å². The van der Waals surface area contributed by atoms with E-state index in [4.69, 9.17) is 18.0 Å². The number of primary amides is 1. The third-order valence-corrected chi connectivity index (χ3v) is 3.78. The third kappa shape index (κ3) is 5.04. The summed E-state index contributed by atoms with van der Waals surface area (Å²) in [6.07, 6.45) is 4.74. The number of benzene rings is 1. The molecule has 1 heterocycles. The quantitative estimate of drug-likeness (QED) is 0.516. The van der Waals surface area contributed by atoms with Crippen LogP contribution in [0.15, 0.2) is 30.5 Å². The lowest BCUT2D eigenvalue weighted by Crippen LogP contribution is -2.23. The van der Waals surface area contributed by atoms with Crippen molar-refractivity contribution in [2.24, 2.45) is 5.73 Å². The second-order valence-corrected chi connectivity index (χ2v) is 5.58. The van der Waals surface area contributed by atoms with Crippen molar-refractivity contribution < 1.29 is 9.53 Å². The zero-order chi connectivity index (χ0) is 15.8. The molecule has 0 atom stereocenters. The molecule has 6 heteroatoms. The van der Waals surface area contributed by atoms with Crippen molar-refractivity contribution in [2.75, 3.05) is 13.2 Å². The van der Waals surface area contributed by atoms with Crippen LogP contribution in [0.1, 0.15) is 24.8 Å². The standard InChI is InChI=1S/C16H21N3O2S/c17-16(20)21-10-4-3-9-18-15(22)8-7-12-11-19-14-6-2-1-5-13(12)14/h1-2,5-6,11,19H,3-4,7-10H2,(H2,17,20)(H,18,22). The Bertz CT molecular complexity index is 639. The molecule has 118 valence electrons. The van der Waals surface area contributed by atoms with E-state index in [9.17, 15) is 4.79 Å². The number of nitrogens with one attached hydrogen (secondary N) is 2. The van der Waals surface area contributed by atoms with Crippen molar-refractivity contribution >= 4 is 34.2 Å². The van der Waals surface area contributed by atoms with Gasteiger partial charge in [0, 0.05) is 30.1 Å². The summed E-state index contributed by atoms with van der Waals surface area (Å²) < 4.78 is 4.66. The van der Waals surface area contributed by atoms with E-state index in [1.807, 2.05) is 12.1 Å². The van der Waals surface area contributed by atoms with Crippen LogP contribution in [0.5, 0.6) is 0 Å². The second kappa shape index (κ2) is 8.38. The molecule has 0 saturated carbocycles. The van der Waals surface area contributed by atoms with Gasteiger partial charge in [-0.25, -0.2) is 4.79 Å². The van der Waals surface area contributed by atoms with Gasteiger partial charge in [0.15, 0.2) is 0 Å². The first-order chi connectivity index (χ1) is 10.7. The van der Waals surface area contributed by atoms with E-state index < -0.39 is 6.09 Å². The first-order valence-corrected chi connectivity index (χ1v) is 7.81. The number of amides is 1. The highest BCUT2D eigenvalue weighted by Gasteiger charge is 2.04. The molecule has 0 aliphatic carbocycles. The molecule has 4 N–H and O–H groups in total. The highest BCUT2D eigenvalue weighted by molar-refractivity contribution is 7.80. The highest BCUT2D eigenvalue weighted by atomic mass is 32.1. The van der Waals surface area contributed by atoms with Crippen LogP contribution in [0, 0.1) is 0 Å². The summed E-state index contributed by atoms with van der Waals surface area (Å²) >= 11 is 5.34. The number of nitrogens with two attached hydrogens (primary N) is 1. The number of hydrogen-bond donors (Lipinski definition) is 3. The van der Waals surface area contributed by atoms with Crippen molar-refractivity contribution in [3.8, 4) is 0 Å². The molecular formula is C16H21N3O2S. The average molecular weight is 319 g/mol. The number of aromatic amines is 1. The number of ether oxygens (including phenoxy) is 1. The van der Waals surface area contributed by atoms with E-state index in [-0.39, 0.29) is 0 Å². The van der Waals surface area contributed by atoms with Crippen molar-refractivity contribution in [1.82, 2.24) is 10.3 Å². The maximum atomic E-state index is 10.4. The lowest BCUT2D eigenvalue weighted by Gasteiger charge is -2.07. The molecule has 0 saturated heterocycles. The number of rotatable bonds is 8. The molecule has 0 unspecified atom stereocenters. The number of fused-ring (bicyclic) bond motifs is 1. The fourth-order valence-electron chi connectivity index (χ4n) is 2.30. The molecule has 0 aliphatic rings. The van der Waals surface area contributed by atoms with Crippen molar-refractivity contribution in [3.63, 3.8) is 0 Å². The van der Waals surface area contributed by atoms with E-state index in [0.29, 0.717) is 6.61 Å². The fraction of sp³-hybridized carbons (Fsp3) is 0.375. The zero-order valence-corrected chi connectivity index (χ0v) is 13.2. The Balaban J connectivity index is 1.64. The number of carbonyl (C=O) groups excluding carboxylic acids is 1. The van der Waals surface area contributed by atoms with Crippen LogP contribution < -0.4 is 11.1 Å². The summed E-state index contributed by atoms with van der Waals surface area (Å²) in [7, 11) is 0. The molecule has 2 aromatic rings. The molecule has 0 aliphatic heterocycles. The number of para-hydroxylation sites is 1. The first-order valence-electron chi connectivity index (χ1n) is 7.41. The molecule has 0 fully saturated rings. The van der Waals surface area contributed by atoms with E-state index in [1.54, 1.807) is 0 Å². The summed E-state index contributed by atoms with van der Waals surface area (Å²) in [5.41, 5.74) is 7.33. The molecule has 1 amide bonds. The van der Waals surface area contributed by atoms with Gasteiger partial charge in [0.1, 0.15) is 0 Å². The summed E-state index contributed by atoms with van der Waals surface area (Å²) in [6, 6.07) is 8.26. The molecule has 0 spiro atoms. The fourth-order valence-corrected chi connectivity index (χ4v) is 2.51. The Morgan fingerprint density at radius 2 is 2.14 bits per heavy atom. The lowest BCUT2D eigenvalue weighted by molar-refractivity contribution is 0.154. The molecule has 5 nitrogen and oxygen atoms in total. The maximum absolute atomic E-state index is 10.4. The Labute approximate surface area is 135 Å². The largest absolute Gasteiger partial charge is 0.450 e. The summed E-state index contributed by atoms with van der Waals surface area (Å²) in [4.78, 5) is 14.5. The molecule has 1 aromatic carbocycles. The average Bonchev–Trinajstić information content (AvgIpc) is 2.91. The minimum Gasteiger partial charge on any atom is -0.450 e. The molecular weight excluding hydrogens is 298 g/mol. The van der Waals surface area contributed by atoms with Crippen LogP contribution in [-0.2, 0) is 11.2 Å². The predicted octanol–water partition coefficient (Wildman–Crippen LogP) is 2.89. The Morgan fingerprint density at radius 3 is 2.95 bits per heavy atom. The van der Waals surface area contributed by atoms with Crippen LogP contribution >= 0.6 is 12.2 Å². The smallest absolute Gasteiger partial charge is 0.404 e. The van der Waals surface area contributed by atoms with Gasteiger partial charge in [0.2, 0.25) is 0 Å². The van der Waals surface area contributed by atoms with Crippen LogP contribution in [0.3, 0.4) is 0 Å². The Hall–Kier alpha value is -2.08. The Morgan fingerprint density at radius 1 is 1.32 bits per heavy atom. The first kappa shape index (κ1) is 16.3. The van der Waals surface area contributed by atoms with Gasteiger partial charge in [-0.15, -0.1) is 0 Å². The van der Waals surface area contributed by atoms with Crippen molar-refractivity contribution in [1.29, 1.82) is 0 Å². The maximum Gasteiger partial charge on any atom is 0.404 e. The number of H-pyrrole nitrogens is 1. The molecule has 0 radical (unpaired) electrons. The number of unbranched alkanes of at least 4 members (excludes halogenated alkanes) is 1. The van der Waals surface area contributed by atoms with Gasteiger partial charge in [-0.2, -0.15) is 0 Å². The van der Waals surface area contributed by atoms with Crippen molar-refractivity contribution in [2.45, 2.75) is 25.7 Å². The monoisotopic (exact) mass is 319 g/mol. The van der Waals surface area contributed by atoms with Gasteiger partial charge in [-0.3, -0.25) is 0 Å². The van der Waals surface area contributed by atoms with Gasteiger partial charge in [0.05, 0.1) is 11.6 Å². The topological polar surface area (TPSA) is 80.1 Å². The molecule has 22 heavy (non-hydrogen) atoms. The van der Waals surface area contributed by atoms with Crippen LogP contribution in [0.4, 0.5) is 4.79 Å². The minimum absolute atomic E-state index is 0.360. The number of hydrogen-bond acceptors (Lipinski definition) is 3.